The van der Waals surface area contributed by atoms with Crippen LogP contribution in [0.5, 0.6) is 0 Å². The van der Waals surface area contributed by atoms with E-state index in [1.807, 2.05) is 0 Å². The Morgan fingerprint density at radius 3 is 0.974 bits per heavy atom. The normalized spacial score (nSPS) is 11.4. The number of hydrogen-bond donors (Lipinski definition) is 7. The molecule has 0 saturated heterocycles. The molecule has 0 spiro atoms. The largest absolute Gasteiger partial charge is 0.462 e. The summed E-state index contributed by atoms with van der Waals surface area (Å²) in [6.07, 6.45) is 2.78. The highest BCUT2D eigenvalue weighted by Crippen LogP contribution is 2.23. The van der Waals surface area contributed by atoms with Crippen LogP contribution in [0, 0.1) is 16.2 Å². The lowest BCUT2D eigenvalue weighted by Crippen LogP contribution is -2.45. The molecule has 0 saturated carbocycles. The van der Waals surface area contributed by atoms with Crippen molar-refractivity contribution in [2.45, 2.75) is 0 Å². The van der Waals surface area contributed by atoms with Gasteiger partial charge in [0.05, 0.1) is 75.7 Å². The van der Waals surface area contributed by atoms with E-state index >= 15 is 0 Å². The predicted molar refractivity (Wildman–Crippen MR) is 131 cm³/mol. The SMILES string of the molecule is C=CC(=O)OCC(CO)(CO)COCC(CO)(COC(=O)C=C)COC(=O)C=C.OCC(CO)(CO)CO. The highest BCUT2D eigenvalue weighted by Gasteiger charge is 2.37. The second-order valence-corrected chi connectivity index (χ2v) is 8.54. The summed E-state index contributed by atoms with van der Waals surface area (Å²) in [5, 5.41) is 63.0. The van der Waals surface area contributed by atoms with E-state index in [9.17, 15) is 29.7 Å². The Morgan fingerprint density at radius 1 is 0.474 bits per heavy atom. The molecule has 0 amide bonds. The minimum atomic E-state index is -1.33. The Hall–Kier alpha value is -2.69. The van der Waals surface area contributed by atoms with Crippen molar-refractivity contribution >= 4 is 17.9 Å². The summed E-state index contributed by atoms with van der Waals surface area (Å²) in [7, 11) is 0. The van der Waals surface area contributed by atoms with Gasteiger partial charge in [-0.25, -0.2) is 14.4 Å². The van der Waals surface area contributed by atoms with E-state index < -0.39 is 80.4 Å². The van der Waals surface area contributed by atoms with Gasteiger partial charge in [-0.05, 0) is 0 Å². The number of aliphatic hydroxyl groups excluding tert-OH is 7. The first kappa shape index (κ1) is 37.5. The molecule has 0 aliphatic rings. The van der Waals surface area contributed by atoms with Gasteiger partial charge >= 0.3 is 17.9 Å². The van der Waals surface area contributed by atoms with Gasteiger partial charge < -0.3 is 54.7 Å². The second-order valence-electron chi connectivity index (χ2n) is 8.54. The maximum absolute atomic E-state index is 11.4. The van der Waals surface area contributed by atoms with Gasteiger partial charge in [-0.1, -0.05) is 19.7 Å². The van der Waals surface area contributed by atoms with Crippen LogP contribution in [-0.4, -0.2) is 133 Å². The van der Waals surface area contributed by atoms with Gasteiger partial charge in [-0.3, -0.25) is 0 Å². The smallest absolute Gasteiger partial charge is 0.330 e. The molecule has 0 atom stereocenters. The average molecular weight is 553 g/mol. The molecule has 0 bridgehead atoms. The number of rotatable bonds is 20. The molecule has 14 heteroatoms. The van der Waals surface area contributed by atoms with Crippen LogP contribution >= 0.6 is 0 Å². The lowest BCUT2D eigenvalue weighted by atomic mass is 9.90. The molecule has 0 unspecified atom stereocenters. The van der Waals surface area contributed by atoms with E-state index in [-0.39, 0.29) is 33.0 Å². The molecule has 0 aromatic heterocycles. The summed E-state index contributed by atoms with van der Waals surface area (Å²) in [6.45, 7) is 4.77. The second kappa shape index (κ2) is 20.3. The molecular formula is C24H40O14. The van der Waals surface area contributed by atoms with E-state index in [0.29, 0.717) is 0 Å². The van der Waals surface area contributed by atoms with Crippen molar-refractivity contribution in [3.8, 4) is 0 Å². The van der Waals surface area contributed by atoms with E-state index in [1.54, 1.807) is 0 Å². The summed E-state index contributed by atoms with van der Waals surface area (Å²) >= 11 is 0. The first-order chi connectivity index (χ1) is 18.0. The third-order valence-corrected chi connectivity index (χ3v) is 5.23. The zero-order valence-electron chi connectivity index (χ0n) is 21.3. The molecule has 0 aromatic rings. The predicted octanol–water partition coefficient (Wildman–Crippen LogP) is -2.92. The Morgan fingerprint density at radius 2 is 0.737 bits per heavy atom. The molecular weight excluding hydrogens is 512 g/mol. The Bertz CT molecular complexity index is 686. The fourth-order valence-electron chi connectivity index (χ4n) is 2.17. The van der Waals surface area contributed by atoms with Crippen LogP contribution in [0.25, 0.3) is 0 Å². The van der Waals surface area contributed by atoms with E-state index in [2.05, 4.69) is 19.7 Å². The highest BCUT2D eigenvalue weighted by atomic mass is 16.6. The quantitative estimate of drug-likeness (QED) is 0.0456. The zero-order valence-corrected chi connectivity index (χ0v) is 21.3. The molecule has 0 aromatic carbocycles. The van der Waals surface area contributed by atoms with Crippen LogP contribution in [0.15, 0.2) is 38.0 Å². The average Bonchev–Trinajstić information content (AvgIpc) is 2.97. The van der Waals surface area contributed by atoms with Crippen molar-refractivity contribution in [2.24, 2.45) is 16.2 Å². The molecule has 38 heavy (non-hydrogen) atoms. The summed E-state index contributed by atoms with van der Waals surface area (Å²) in [5.74, 6) is -2.25. The molecule has 220 valence electrons. The van der Waals surface area contributed by atoms with E-state index in [1.165, 1.54) is 0 Å². The van der Waals surface area contributed by atoms with Gasteiger partial charge in [0, 0.05) is 18.2 Å². The summed E-state index contributed by atoms with van der Waals surface area (Å²) < 4.78 is 20.3. The maximum Gasteiger partial charge on any atom is 0.330 e. The van der Waals surface area contributed by atoms with Crippen LogP contribution in [0.1, 0.15) is 0 Å². The first-order valence-electron chi connectivity index (χ1n) is 11.2. The Balaban J connectivity index is 0. The molecule has 7 N–H and O–H groups in total. The number of carbonyl (C=O) groups is 3. The maximum atomic E-state index is 11.4. The van der Waals surface area contributed by atoms with Crippen LogP contribution < -0.4 is 0 Å². The minimum absolute atomic E-state index is 0.281. The van der Waals surface area contributed by atoms with Gasteiger partial charge in [-0.2, -0.15) is 0 Å². The number of carbonyl (C=O) groups excluding carboxylic acids is 3. The molecule has 14 nitrogen and oxygen atoms in total. The summed E-state index contributed by atoms with van der Waals surface area (Å²) in [4.78, 5) is 34.0. The van der Waals surface area contributed by atoms with Gasteiger partial charge in [0.2, 0.25) is 0 Å². The Labute approximate surface area is 221 Å². The molecule has 0 heterocycles. The van der Waals surface area contributed by atoms with Crippen molar-refractivity contribution in [1.82, 2.24) is 0 Å². The van der Waals surface area contributed by atoms with Gasteiger partial charge in [0.25, 0.3) is 0 Å². The lowest BCUT2D eigenvalue weighted by Gasteiger charge is -2.33. The number of ether oxygens (including phenoxy) is 4. The standard InChI is InChI=1S/C19H28O10.C5H12O4/c1-4-15(23)27-12-18(7-20,8-21)10-26-11-19(9-22,13-28-16(24)5-2)14-29-17(25)6-3;6-1-5(2-7,3-8)4-9/h4-6,20-22H,1-3,7-14H2;6-9H,1-4H2. The van der Waals surface area contributed by atoms with Crippen LogP contribution in [0.3, 0.4) is 0 Å². The van der Waals surface area contributed by atoms with Gasteiger partial charge in [0.1, 0.15) is 19.8 Å². The van der Waals surface area contributed by atoms with Crippen molar-refractivity contribution in [3.63, 3.8) is 0 Å². The first-order valence-corrected chi connectivity index (χ1v) is 11.2. The monoisotopic (exact) mass is 552 g/mol. The van der Waals surface area contributed by atoms with Crippen molar-refractivity contribution in [2.75, 3.05) is 79.3 Å². The van der Waals surface area contributed by atoms with Crippen molar-refractivity contribution < 1.29 is 69.1 Å². The van der Waals surface area contributed by atoms with Gasteiger partial charge in [0.15, 0.2) is 0 Å². The lowest BCUT2D eigenvalue weighted by molar-refractivity contribution is -0.159. The summed E-state index contributed by atoms with van der Waals surface area (Å²) in [5.41, 5.74) is -3.76. The topological polar surface area (TPSA) is 230 Å². The number of esters is 3. The fourth-order valence-corrected chi connectivity index (χ4v) is 2.17. The third-order valence-electron chi connectivity index (χ3n) is 5.23. The molecule has 0 fully saturated rings. The number of aliphatic hydroxyl groups is 7. The number of hydrogen-bond acceptors (Lipinski definition) is 14. The van der Waals surface area contributed by atoms with Crippen LogP contribution in [0.4, 0.5) is 0 Å². The van der Waals surface area contributed by atoms with Crippen molar-refractivity contribution in [3.05, 3.63) is 38.0 Å². The summed E-state index contributed by atoms with van der Waals surface area (Å²) in [6, 6.07) is 0. The molecule has 0 aliphatic heterocycles. The molecule has 0 aliphatic carbocycles. The highest BCUT2D eigenvalue weighted by molar-refractivity contribution is 5.82. The van der Waals surface area contributed by atoms with Crippen LogP contribution in [-0.2, 0) is 33.3 Å². The third kappa shape index (κ3) is 13.7. The molecule has 0 rings (SSSR count). The van der Waals surface area contributed by atoms with E-state index in [4.69, 9.17) is 39.4 Å². The Kier molecular flexibility index (Phi) is 20.0. The van der Waals surface area contributed by atoms with Crippen molar-refractivity contribution in [1.29, 1.82) is 0 Å². The van der Waals surface area contributed by atoms with Gasteiger partial charge in [-0.15, -0.1) is 0 Å². The zero-order chi connectivity index (χ0) is 29.7. The fraction of sp³-hybridized carbons (Fsp3) is 0.625. The minimum Gasteiger partial charge on any atom is -0.462 e. The van der Waals surface area contributed by atoms with E-state index in [0.717, 1.165) is 18.2 Å². The molecule has 0 radical (unpaired) electrons. The van der Waals surface area contributed by atoms with Crippen LogP contribution in [0.2, 0.25) is 0 Å².